The van der Waals surface area contributed by atoms with E-state index in [0.717, 1.165) is 0 Å². The molecule has 3 aromatic carbocycles. The lowest BCUT2D eigenvalue weighted by atomic mass is 10.1. The number of halogens is 1. The first-order valence-electron chi connectivity index (χ1n) is 11.9. The number of aryl methyl sites for hydroxylation is 1. The van der Waals surface area contributed by atoms with Crippen molar-refractivity contribution in [2.75, 3.05) is 41.9 Å². The molecule has 1 amide bonds. The smallest absolute Gasteiger partial charge is 0.265 e. The molecule has 36 heavy (non-hydrogen) atoms. The third-order valence-corrected chi connectivity index (χ3v) is 8.97. The van der Waals surface area contributed by atoms with E-state index in [1.807, 2.05) is 0 Å². The van der Waals surface area contributed by atoms with Crippen molar-refractivity contribution >= 4 is 38.9 Å². The lowest BCUT2D eigenvalue weighted by molar-refractivity contribution is -0.138. The number of sulfonamides is 1. The minimum absolute atomic E-state index is 0.0992. The standard InChI is InChI=1S/C27H28ClN3O4S/c1-19-6-5-8-23(20(19)2)29-14-16-30(17-15-29)27(32)26-18-31(24-7-3-4-9-25(24)35-26)36(33,34)22-12-10-21(28)11-13-22/h3-13,26H,14-18H2,1-2H3/t26-/m1/s1. The number of rotatable bonds is 4. The van der Waals surface area contributed by atoms with Gasteiger partial charge in [0.15, 0.2) is 6.10 Å². The predicted molar refractivity (Wildman–Crippen MR) is 142 cm³/mol. The molecule has 0 unspecified atom stereocenters. The van der Waals surface area contributed by atoms with Crippen molar-refractivity contribution in [3.63, 3.8) is 0 Å². The van der Waals surface area contributed by atoms with Crippen LogP contribution in [0.4, 0.5) is 11.4 Å². The van der Waals surface area contributed by atoms with Gasteiger partial charge in [0.25, 0.3) is 15.9 Å². The van der Waals surface area contributed by atoms with Crippen LogP contribution < -0.4 is 13.9 Å². The summed E-state index contributed by atoms with van der Waals surface area (Å²) < 4.78 is 34.4. The number of anilines is 2. The fraction of sp³-hybridized carbons (Fsp3) is 0.296. The minimum Gasteiger partial charge on any atom is -0.476 e. The van der Waals surface area contributed by atoms with Gasteiger partial charge in [0, 0.05) is 36.9 Å². The fourth-order valence-corrected chi connectivity index (χ4v) is 6.34. The van der Waals surface area contributed by atoms with Gasteiger partial charge in [-0.15, -0.1) is 0 Å². The van der Waals surface area contributed by atoms with Gasteiger partial charge in [0.1, 0.15) is 5.75 Å². The molecule has 2 aliphatic rings. The van der Waals surface area contributed by atoms with Crippen LogP contribution in [0.5, 0.6) is 5.75 Å². The summed E-state index contributed by atoms with van der Waals surface area (Å²) in [6, 6.07) is 19.2. The minimum atomic E-state index is -3.93. The summed E-state index contributed by atoms with van der Waals surface area (Å²) in [5.74, 6) is 0.162. The number of para-hydroxylation sites is 2. The van der Waals surface area contributed by atoms with Crippen LogP contribution >= 0.6 is 11.6 Å². The first kappa shape index (κ1) is 24.5. The number of nitrogens with zero attached hydrogens (tertiary/aromatic N) is 3. The molecule has 0 aromatic heterocycles. The lowest BCUT2D eigenvalue weighted by Gasteiger charge is -2.40. The normalized spacial score (nSPS) is 18.0. The van der Waals surface area contributed by atoms with E-state index in [9.17, 15) is 13.2 Å². The van der Waals surface area contributed by atoms with Crippen LogP contribution in [-0.4, -0.2) is 58.1 Å². The zero-order valence-electron chi connectivity index (χ0n) is 20.2. The highest BCUT2D eigenvalue weighted by molar-refractivity contribution is 7.92. The molecule has 2 heterocycles. The maximum Gasteiger partial charge on any atom is 0.265 e. The Hall–Kier alpha value is -3.23. The quantitative estimate of drug-likeness (QED) is 0.509. The van der Waals surface area contributed by atoms with Crippen LogP contribution in [0.2, 0.25) is 5.02 Å². The van der Waals surface area contributed by atoms with Gasteiger partial charge in [-0.2, -0.15) is 0 Å². The van der Waals surface area contributed by atoms with E-state index in [0.29, 0.717) is 42.6 Å². The Labute approximate surface area is 216 Å². The summed E-state index contributed by atoms with van der Waals surface area (Å²) in [7, 11) is -3.93. The van der Waals surface area contributed by atoms with Gasteiger partial charge in [-0.25, -0.2) is 8.42 Å². The van der Waals surface area contributed by atoms with E-state index < -0.39 is 16.1 Å². The van der Waals surface area contributed by atoms with Gasteiger partial charge in [-0.05, 0) is 67.4 Å². The van der Waals surface area contributed by atoms with E-state index in [2.05, 4.69) is 36.9 Å². The first-order chi connectivity index (χ1) is 17.3. The Morgan fingerprint density at radius 1 is 0.889 bits per heavy atom. The molecule has 0 saturated carbocycles. The highest BCUT2D eigenvalue weighted by Crippen LogP contribution is 2.37. The van der Waals surface area contributed by atoms with Crippen molar-refractivity contribution in [3.05, 3.63) is 82.9 Å². The van der Waals surface area contributed by atoms with Crippen LogP contribution in [0.15, 0.2) is 71.6 Å². The molecule has 0 spiro atoms. The number of carbonyl (C=O) groups excluding carboxylic acids is 1. The first-order valence-corrected chi connectivity index (χ1v) is 13.7. The van der Waals surface area contributed by atoms with Gasteiger partial charge in [-0.1, -0.05) is 35.9 Å². The average molecular weight is 526 g/mol. The third-order valence-electron chi connectivity index (χ3n) is 6.92. The zero-order chi connectivity index (χ0) is 25.4. The van der Waals surface area contributed by atoms with Crippen molar-refractivity contribution in [1.29, 1.82) is 0 Å². The lowest BCUT2D eigenvalue weighted by Crippen LogP contribution is -2.56. The largest absolute Gasteiger partial charge is 0.476 e. The highest BCUT2D eigenvalue weighted by atomic mass is 35.5. The summed E-state index contributed by atoms with van der Waals surface area (Å²) in [5, 5.41) is 0.449. The molecule has 5 rings (SSSR count). The van der Waals surface area contributed by atoms with E-state index in [1.165, 1.54) is 33.3 Å². The van der Waals surface area contributed by atoms with Crippen LogP contribution in [0.25, 0.3) is 0 Å². The average Bonchev–Trinajstić information content (AvgIpc) is 2.89. The molecular formula is C27H28ClN3O4S. The second-order valence-electron chi connectivity index (χ2n) is 9.10. The molecule has 1 fully saturated rings. The monoisotopic (exact) mass is 525 g/mol. The van der Waals surface area contributed by atoms with Crippen molar-refractivity contribution < 1.29 is 17.9 Å². The Morgan fingerprint density at radius 2 is 1.56 bits per heavy atom. The Kier molecular flexibility index (Phi) is 6.57. The van der Waals surface area contributed by atoms with Crippen LogP contribution in [0.3, 0.4) is 0 Å². The van der Waals surface area contributed by atoms with Gasteiger partial charge in [0.2, 0.25) is 0 Å². The molecule has 3 aromatic rings. The predicted octanol–water partition coefficient (Wildman–Crippen LogP) is 4.26. The Morgan fingerprint density at radius 3 is 2.28 bits per heavy atom. The van der Waals surface area contributed by atoms with E-state index in [4.69, 9.17) is 16.3 Å². The number of piperazine rings is 1. The van der Waals surface area contributed by atoms with Crippen LogP contribution in [0, 0.1) is 13.8 Å². The topological polar surface area (TPSA) is 70.2 Å². The number of benzene rings is 3. The summed E-state index contributed by atoms with van der Waals surface area (Å²) in [4.78, 5) is 17.7. The molecule has 7 nitrogen and oxygen atoms in total. The van der Waals surface area contributed by atoms with Crippen LogP contribution in [-0.2, 0) is 14.8 Å². The number of hydrogen-bond acceptors (Lipinski definition) is 5. The van der Waals surface area contributed by atoms with Crippen molar-refractivity contribution in [2.45, 2.75) is 24.8 Å². The molecule has 188 valence electrons. The van der Waals surface area contributed by atoms with E-state index in [-0.39, 0.29) is 17.3 Å². The fourth-order valence-electron chi connectivity index (χ4n) is 4.74. The van der Waals surface area contributed by atoms with Crippen molar-refractivity contribution in [1.82, 2.24) is 4.90 Å². The van der Waals surface area contributed by atoms with Gasteiger partial charge in [-0.3, -0.25) is 9.10 Å². The number of ether oxygens (including phenoxy) is 1. The number of hydrogen-bond donors (Lipinski definition) is 0. The van der Waals surface area contributed by atoms with Gasteiger partial charge in [0.05, 0.1) is 17.1 Å². The summed E-state index contributed by atoms with van der Waals surface area (Å²) in [6.07, 6.45) is -0.936. The summed E-state index contributed by atoms with van der Waals surface area (Å²) in [5.41, 5.74) is 4.08. The molecule has 2 aliphatic heterocycles. The number of carbonyl (C=O) groups is 1. The maximum atomic E-state index is 13.6. The molecule has 1 atom stereocenters. The molecule has 0 aliphatic carbocycles. The Bertz CT molecular complexity index is 1390. The van der Waals surface area contributed by atoms with Crippen molar-refractivity contribution in [2.24, 2.45) is 0 Å². The SMILES string of the molecule is Cc1cccc(N2CCN(C(=O)[C@H]3CN(S(=O)(=O)c4ccc(Cl)cc4)c4ccccc4O3)CC2)c1C. The van der Waals surface area contributed by atoms with E-state index >= 15 is 0 Å². The second-order valence-corrected chi connectivity index (χ2v) is 11.4. The summed E-state index contributed by atoms with van der Waals surface area (Å²) in [6.45, 7) is 6.59. The molecule has 9 heteroatoms. The number of fused-ring (bicyclic) bond motifs is 1. The zero-order valence-corrected chi connectivity index (χ0v) is 21.8. The molecule has 1 saturated heterocycles. The summed E-state index contributed by atoms with van der Waals surface area (Å²) >= 11 is 5.96. The van der Waals surface area contributed by atoms with Gasteiger partial charge < -0.3 is 14.5 Å². The third kappa shape index (κ3) is 4.51. The van der Waals surface area contributed by atoms with Crippen LogP contribution in [0.1, 0.15) is 11.1 Å². The molecular weight excluding hydrogens is 498 g/mol. The molecule has 0 N–H and O–H groups in total. The van der Waals surface area contributed by atoms with Gasteiger partial charge >= 0.3 is 0 Å². The highest BCUT2D eigenvalue weighted by Gasteiger charge is 2.39. The second kappa shape index (κ2) is 9.67. The molecule has 0 bridgehead atoms. The van der Waals surface area contributed by atoms with Crippen molar-refractivity contribution in [3.8, 4) is 5.75 Å². The number of amides is 1. The maximum absolute atomic E-state index is 13.6. The van der Waals surface area contributed by atoms with E-state index in [1.54, 1.807) is 41.3 Å². The molecule has 0 radical (unpaired) electrons. The Balaban J connectivity index is 1.36.